The molecule has 1 aliphatic heterocycles. The largest absolute Gasteiger partial charge is 0.461 e. The third-order valence-electron chi connectivity index (χ3n) is 6.12. The number of ether oxygens (including phenoxy) is 2. The molecular formula is C26H45NO5. The average molecular weight is 452 g/mol. The van der Waals surface area contributed by atoms with E-state index in [4.69, 9.17) is 9.47 Å². The Labute approximate surface area is 194 Å². The maximum atomic E-state index is 12.6. The molecule has 0 unspecified atom stereocenters. The van der Waals surface area contributed by atoms with Crippen LogP contribution in [0.5, 0.6) is 0 Å². The second kappa shape index (κ2) is 16.7. The van der Waals surface area contributed by atoms with Gasteiger partial charge in [-0.2, -0.15) is 0 Å². The van der Waals surface area contributed by atoms with Crippen molar-refractivity contribution in [2.45, 2.75) is 122 Å². The number of unbranched alkanes of at least 4 members (excludes halogenated alkanes) is 7. The molecule has 6 heteroatoms. The standard InChI is InChI=1S/C26H45NO5/c1-5-7-9-10-11-12-13-14-16-22-24(32-25(22)29)18-21(15-8-6-2)31-26(30)23(27-19-28)17-20(3)4/h6,19-24H,2,5,7-18H2,1,3-4H3,(H,27,28)/t21-,22-,23-,24-/m0/s1. The minimum absolute atomic E-state index is 0.0976. The highest BCUT2D eigenvalue weighted by atomic mass is 16.6. The van der Waals surface area contributed by atoms with E-state index in [-0.39, 0.29) is 30.0 Å². The van der Waals surface area contributed by atoms with E-state index in [1.807, 2.05) is 13.8 Å². The van der Waals surface area contributed by atoms with Gasteiger partial charge in [-0.3, -0.25) is 9.59 Å². The van der Waals surface area contributed by atoms with Crippen LogP contribution in [0.3, 0.4) is 0 Å². The van der Waals surface area contributed by atoms with Gasteiger partial charge in [-0.05, 0) is 31.6 Å². The number of carbonyl (C=O) groups excluding carboxylic acids is 3. The maximum absolute atomic E-state index is 12.6. The van der Waals surface area contributed by atoms with Crippen molar-refractivity contribution in [2.75, 3.05) is 0 Å². The zero-order valence-electron chi connectivity index (χ0n) is 20.5. The van der Waals surface area contributed by atoms with E-state index in [2.05, 4.69) is 18.8 Å². The molecule has 1 rings (SSSR count). The quantitative estimate of drug-likeness (QED) is 0.115. The molecule has 1 heterocycles. The minimum atomic E-state index is -0.657. The van der Waals surface area contributed by atoms with Gasteiger partial charge >= 0.3 is 11.9 Å². The number of carbonyl (C=O) groups is 3. The first kappa shape index (κ1) is 28.2. The van der Waals surface area contributed by atoms with Gasteiger partial charge in [0.05, 0.1) is 5.92 Å². The summed E-state index contributed by atoms with van der Waals surface area (Å²) in [5.41, 5.74) is 0. The summed E-state index contributed by atoms with van der Waals surface area (Å²) >= 11 is 0. The van der Waals surface area contributed by atoms with Gasteiger partial charge in [-0.25, -0.2) is 4.79 Å². The molecule has 0 aromatic heterocycles. The third-order valence-corrected chi connectivity index (χ3v) is 6.12. The van der Waals surface area contributed by atoms with Crippen molar-refractivity contribution in [3.63, 3.8) is 0 Å². The van der Waals surface area contributed by atoms with E-state index in [9.17, 15) is 14.4 Å². The van der Waals surface area contributed by atoms with Crippen molar-refractivity contribution in [3.05, 3.63) is 12.7 Å². The molecule has 1 aliphatic rings. The van der Waals surface area contributed by atoms with Crippen LogP contribution in [0, 0.1) is 11.8 Å². The Balaban J connectivity index is 2.49. The molecule has 0 saturated carbocycles. The van der Waals surface area contributed by atoms with Gasteiger partial charge in [0.15, 0.2) is 0 Å². The van der Waals surface area contributed by atoms with E-state index in [1.165, 1.54) is 38.5 Å². The van der Waals surface area contributed by atoms with Crippen molar-refractivity contribution in [1.82, 2.24) is 5.32 Å². The Morgan fingerprint density at radius 1 is 1.16 bits per heavy atom. The number of esters is 2. The number of hydrogen-bond donors (Lipinski definition) is 1. The van der Waals surface area contributed by atoms with Crippen LogP contribution in [0.4, 0.5) is 0 Å². The van der Waals surface area contributed by atoms with E-state index >= 15 is 0 Å². The molecular weight excluding hydrogens is 406 g/mol. The van der Waals surface area contributed by atoms with E-state index in [0.717, 1.165) is 19.3 Å². The first-order chi connectivity index (χ1) is 15.4. The Kier molecular flexibility index (Phi) is 14.7. The smallest absolute Gasteiger partial charge is 0.328 e. The zero-order chi connectivity index (χ0) is 23.8. The normalized spacial score (nSPS) is 19.6. The maximum Gasteiger partial charge on any atom is 0.328 e. The van der Waals surface area contributed by atoms with Crippen molar-refractivity contribution >= 4 is 18.3 Å². The number of rotatable bonds is 20. The summed E-state index contributed by atoms with van der Waals surface area (Å²) < 4.78 is 11.2. The highest BCUT2D eigenvalue weighted by Crippen LogP contribution is 2.32. The summed E-state index contributed by atoms with van der Waals surface area (Å²) in [5, 5.41) is 2.57. The molecule has 184 valence electrons. The predicted molar refractivity (Wildman–Crippen MR) is 127 cm³/mol. The molecule has 6 nitrogen and oxygen atoms in total. The fourth-order valence-corrected chi connectivity index (χ4v) is 4.23. The molecule has 0 aliphatic carbocycles. The van der Waals surface area contributed by atoms with Crippen LogP contribution in [0.15, 0.2) is 12.7 Å². The van der Waals surface area contributed by atoms with Crippen LogP contribution >= 0.6 is 0 Å². The fraction of sp³-hybridized carbons (Fsp3) is 0.808. The number of nitrogens with one attached hydrogen (secondary N) is 1. The first-order valence-corrected chi connectivity index (χ1v) is 12.6. The molecule has 4 atom stereocenters. The number of allylic oxidation sites excluding steroid dienone is 1. The lowest BCUT2D eigenvalue weighted by Gasteiger charge is -2.37. The fourth-order valence-electron chi connectivity index (χ4n) is 4.23. The molecule has 0 radical (unpaired) electrons. The van der Waals surface area contributed by atoms with Gasteiger partial charge < -0.3 is 14.8 Å². The molecule has 0 aromatic rings. The van der Waals surface area contributed by atoms with E-state index in [0.29, 0.717) is 32.1 Å². The minimum Gasteiger partial charge on any atom is -0.461 e. The predicted octanol–water partition coefficient (Wildman–Crippen LogP) is 5.49. The number of amides is 1. The zero-order valence-corrected chi connectivity index (χ0v) is 20.5. The van der Waals surface area contributed by atoms with Gasteiger partial charge in [0.2, 0.25) is 6.41 Å². The molecule has 0 spiro atoms. The SMILES string of the molecule is C=CCC[C@@H](C[C@@H]1OC(=O)[C@H]1CCCCCCCCCC)OC(=O)[C@H](CC(C)C)NC=O. The first-order valence-electron chi connectivity index (χ1n) is 12.6. The molecule has 1 fully saturated rings. The highest BCUT2D eigenvalue weighted by molar-refractivity contribution is 5.79. The third kappa shape index (κ3) is 11.1. The number of cyclic esters (lactones) is 1. The summed E-state index contributed by atoms with van der Waals surface area (Å²) in [7, 11) is 0. The summed E-state index contributed by atoms with van der Waals surface area (Å²) in [6.45, 7) is 9.96. The molecule has 32 heavy (non-hydrogen) atoms. The molecule has 1 amide bonds. The summed E-state index contributed by atoms with van der Waals surface area (Å²) in [5.74, 6) is -0.410. The van der Waals surface area contributed by atoms with Crippen molar-refractivity contribution in [1.29, 1.82) is 0 Å². The van der Waals surface area contributed by atoms with Gasteiger partial charge in [0.25, 0.3) is 0 Å². The Morgan fingerprint density at radius 3 is 2.38 bits per heavy atom. The average Bonchev–Trinajstić information content (AvgIpc) is 2.75. The van der Waals surface area contributed by atoms with Crippen LogP contribution in [0.1, 0.15) is 104 Å². The van der Waals surface area contributed by atoms with Gasteiger partial charge in [-0.1, -0.05) is 78.2 Å². The molecule has 1 saturated heterocycles. The Morgan fingerprint density at radius 2 is 1.81 bits per heavy atom. The summed E-state index contributed by atoms with van der Waals surface area (Å²) in [6, 6.07) is -0.657. The topological polar surface area (TPSA) is 81.7 Å². The van der Waals surface area contributed by atoms with Crippen molar-refractivity contribution in [3.8, 4) is 0 Å². The van der Waals surface area contributed by atoms with Gasteiger partial charge in [-0.15, -0.1) is 6.58 Å². The van der Waals surface area contributed by atoms with E-state index in [1.54, 1.807) is 6.08 Å². The molecule has 0 aromatic carbocycles. The lowest BCUT2D eigenvalue weighted by molar-refractivity contribution is -0.190. The van der Waals surface area contributed by atoms with Crippen LogP contribution in [-0.2, 0) is 23.9 Å². The lowest BCUT2D eigenvalue weighted by Crippen LogP contribution is -2.48. The van der Waals surface area contributed by atoms with Crippen LogP contribution in [-0.4, -0.2) is 36.6 Å². The van der Waals surface area contributed by atoms with Crippen molar-refractivity contribution in [2.24, 2.45) is 11.8 Å². The molecule has 0 bridgehead atoms. The number of hydrogen-bond acceptors (Lipinski definition) is 5. The summed E-state index contributed by atoms with van der Waals surface area (Å²) in [6.07, 6.45) is 14.8. The Hall–Kier alpha value is -1.85. The Bertz CT molecular complexity index is 562. The van der Waals surface area contributed by atoms with Crippen LogP contribution in [0.2, 0.25) is 0 Å². The van der Waals surface area contributed by atoms with E-state index < -0.39 is 12.0 Å². The molecule has 1 N–H and O–H groups in total. The van der Waals surface area contributed by atoms with Crippen LogP contribution in [0.25, 0.3) is 0 Å². The second-order valence-electron chi connectivity index (χ2n) is 9.47. The monoisotopic (exact) mass is 451 g/mol. The highest BCUT2D eigenvalue weighted by Gasteiger charge is 2.43. The van der Waals surface area contributed by atoms with Crippen LogP contribution < -0.4 is 5.32 Å². The van der Waals surface area contributed by atoms with Crippen molar-refractivity contribution < 1.29 is 23.9 Å². The van der Waals surface area contributed by atoms with Gasteiger partial charge in [0.1, 0.15) is 18.2 Å². The lowest BCUT2D eigenvalue weighted by atomic mass is 9.86. The van der Waals surface area contributed by atoms with Gasteiger partial charge in [0, 0.05) is 6.42 Å². The second-order valence-corrected chi connectivity index (χ2v) is 9.47. The summed E-state index contributed by atoms with van der Waals surface area (Å²) in [4.78, 5) is 35.5.